The van der Waals surface area contributed by atoms with Gasteiger partial charge in [-0.15, -0.1) is 0 Å². The summed E-state index contributed by atoms with van der Waals surface area (Å²) in [6.45, 7) is 9.24. The standard InChI is InChI=1S/C12H15NO2/c1-7(2)8(6-13)5-9-10(11(14)15)12(9,3)4/h5,9-10H,1H2,2-4H3,(H,14,15)/b8-5+/t9-,10+/m1/s1. The van der Waals surface area contributed by atoms with Crippen LogP contribution in [0.3, 0.4) is 0 Å². The SMILES string of the molecule is C=C(C)/C(C#N)=C/[C@@H]1[C@@H](C(=O)O)C1(C)C. The zero-order chi connectivity index (χ0) is 11.8. The molecule has 0 aromatic heterocycles. The van der Waals surface area contributed by atoms with Crippen molar-refractivity contribution in [2.75, 3.05) is 0 Å². The number of aliphatic carboxylic acids is 1. The smallest absolute Gasteiger partial charge is 0.307 e. The van der Waals surface area contributed by atoms with Gasteiger partial charge in [-0.2, -0.15) is 5.26 Å². The number of hydrogen-bond acceptors (Lipinski definition) is 2. The molecule has 0 spiro atoms. The maximum Gasteiger partial charge on any atom is 0.307 e. The van der Waals surface area contributed by atoms with Crippen molar-refractivity contribution in [1.82, 2.24) is 0 Å². The summed E-state index contributed by atoms with van der Waals surface area (Å²) in [7, 11) is 0. The third kappa shape index (κ3) is 1.94. The number of carbonyl (C=O) groups is 1. The highest BCUT2D eigenvalue weighted by atomic mass is 16.4. The van der Waals surface area contributed by atoms with Crippen LogP contribution < -0.4 is 0 Å². The second-order valence-electron chi connectivity index (χ2n) is 4.64. The number of carboxylic acids is 1. The molecule has 15 heavy (non-hydrogen) atoms. The molecule has 0 unspecified atom stereocenters. The largest absolute Gasteiger partial charge is 0.481 e. The zero-order valence-electron chi connectivity index (χ0n) is 9.24. The van der Waals surface area contributed by atoms with Crippen LogP contribution in [-0.4, -0.2) is 11.1 Å². The van der Waals surface area contributed by atoms with Gasteiger partial charge >= 0.3 is 5.97 Å². The molecule has 1 saturated carbocycles. The predicted octanol–water partition coefficient (Wildman–Crippen LogP) is 2.37. The summed E-state index contributed by atoms with van der Waals surface area (Å²) in [5, 5.41) is 17.8. The van der Waals surface area contributed by atoms with Crippen LogP contribution in [0.2, 0.25) is 0 Å². The van der Waals surface area contributed by atoms with Gasteiger partial charge in [-0.25, -0.2) is 0 Å². The van der Waals surface area contributed by atoms with E-state index in [1.807, 2.05) is 19.9 Å². The van der Waals surface area contributed by atoms with Gasteiger partial charge in [0.05, 0.1) is 17.6 Å². The molecule has 0 amide bonds. The fourth-order valence-corrected chi connectivity index (χ4v) is 1.91. The molecular formula is C12H15NO2. The molecule has 1 aliphatic rings. The van der Waals surface area contributed by atoms with E-state index in [1.165, 1.54) is 0 Å². The van der Waals surface area contributed by atoms with Gasteiger partial charge < -0.3 is 5.11 Å². The first kappa shape index (κ1) is 11.5. The van der Waals surface area contributed by atoms with Crippen molar-refractivity contribution in [2.45, 2.75) is 20.8 Å². The molecule has 0 aromatic carbocycles. The van der Waals surface area contributed by atoms with Gasteiger partial charge in [0.2, 0.25) is 0 Å². The van der Waals surface area contributed by atoms with Crippen LogP contribution >= 0.6 is 0 Å². The molecule has 0 saturated heterocycles. The third-order valence-corrected chi connectivity index (χ3v) is 3.10. The molecular weight excluding hydrogens is 190 g/mol. The quantitative estimate of drug-likeness (QED) is 0.568. The lowest BCUT2D eigenvalue weighted by atomic mass is 10.0. The van der Waals surface area contributed by atoms with E-state index >= 15 is 0 Å². The van der Waals surface area contributed by atoms with Crippen molar-refractivity contribution >= 4 is 5.97 Å². The highest BCUT2D eigenvalue weighted by molar-refractivity contribution is 5.76. The lowest BCUT2D eigenvalue weighted by Crippen LogP contribution is -2.03. The van der Waals surface area contributed by atoms with Crippen molar-refractivity contribution in [1.29, 1.82) is 5.26 Å². The zero-order valence-corrected chi connectivity index (χ0v) is 9.24. The Morgan fingerprint density at radius 1 is 1.60 bits per heavy atom. The molecule has 1 fully saturated rings. The second kappa shape index (κ2) is 3.54. The topological polar surface area (TPSA) is 61.1 Å². The van der Waals surface area contributed by atoms with Gasteiger partial charge in [0.25, 0.3) is 0 Å². The monoisotopic (exact) mass is 205 g/mol. The Balaban J connectivity index is 2.91. The minimum atomic E-state index is -0.791. The van der Waals surface area contributed by atoms with Crippen LogP contribution in [0.1, 0.15) is 20.8 Å². The van der Waals surface area contributed by atoms with Gasteiger partial charge in [-0.05, 0) is 23.8 Å². The highest BCUT2D eigenvalue weighted by Gasteiger charge is 2.61. The van der Waals surface area contributed by atoms with Crippen molar-refractivity contribution < 1.29 is 9.90 Å². The molecule has 80 valence electrons. The summed E-state index contributed by atoms with van der Waals surface area (Å²) in [6.07, 6.45) is 1.74. The van der Waals surface area contributed by atoms with Gasteiger partial charge in [-0.3, -0.25) is 4.79 Å². The highest BCUT2D eigenvalue weighted by Crippen LogP contribution is 2.59. The number of nitriles is 1. The Labute approximate surface area is 89.7 Å². The van der Waals surface area contributed by atoms with Gasteiger partial charge in [0, 0.05) is 0 Å². The van der Waals surface area contributed by atoms with E-state index in [2.05, 4.69) is 6.58 Å². The predicted molar refractivity (Wildman–Crippen MR) is 56.9 cm³/mol. The van der Waals surface area contributed by atoms with E-state index in [9.17, 15) is 4.79 Å². The van der Waals surface area contributed by atoms with Gasteiger partial charge in [-0.1, -0.05) is 26.5 Å². The number of nitrogens with zero attached hydrogens (tertiary/aromatic N) is 1. The Morgan fingerprint density at radius 2 is 2.13 bits per heavy atom. The van der Waals surface area contributed by atoms with Crippen molar-refractivity contribution in [2.24, 2.45) is 17.3 Å². The fourth-order valence-electron chi connectivity index (χ4n) is 1.91. The Bertz CT molecular complexity index is 385. The molecule has 3 heteroatoms. The van der Waals surface area contributed by atoms with Gasteiger partial charge in [0.1, 0.15) is 0 Å². The number of allylic oxidation sites excluding steroid dienone is 3. The molecule has 0 aliphatic heterocycles. The molecule has 0 radical (unpaired) electrons. The minimum Gasteiger partial charge on any atom is -0.481 e. The Morgan fingerprint density at radius 3 is 2.40 bits per heavy atom. The molecule has 0 heterocycles. The van der Waals surface area contributed by atoms with E-state index < -0.39 is 5.97 Å². The van der Waals surface area contributed by atoms with Crippen LogP contribution in [0.5, 0.6) is 0 Å². The van der Waals surface area contributed by atoms with E-state index in [0.29, 0.717) is 11.1 Å². The first-order valence-corrected chi connectivity index (χ1v) is 4.83. The molecule has 0 aromatic rings. The summed E-state index contributed by atoms with van der Waals surface area (Å²) in [5.74, 6) is -1.22. The Hall–Kier alpha value is -1.56. The fraction of sp³-hybridized carbons (Fsp3) is 0.500. The summed E-state index contributed by atoms with van der Waals surface area (Å²) in [5.41, 5.74) is 0.935. The van der Waals surface area contributed by atoms with E-state index in [4.69, 9.17) is 10.4 Å². The second-order valence-corrected chi connectivity index (χ2v) is 4.64. The Kier molecular flexibility index (Phi) is 2.72. The van der Waals surface area contributed by atoms with Crippen molar-refractivity contribution in [3.8, 4) is 6.07 Å². The molecule has 3 nitrogen and oxygen atoms in total. The van der Waals surface area contributed by atoms with Crippen LogP contribution in [0.25, 0.3) is 0 Å². The van der Waals surface area contributed by atoms with E-state index in [0.717, 1.165) is 0 Å². The van der Waals surface area contributed by atoms with E-state index in [1.54, 1.807) is 13.0 Å². The lowest BCUT2D eigenvalue weighted by Gasteiger charge is -1.98. The van der Waals surface area contributed by atoms with Crippen molar-refractivity contribution in [3.63, 3.8) is 0 Å². The first-order valence-electron chi connectivity index (χ1n) is 4.83. The average Bonchev–Trinajstić information content (AvgIpc) is 2.63. The van der Waals surface area contributed by atoms with Crippen molar-refractivity contribution in [3.05, 3.63) is 23.8 Å². The molecule has 0 bridgehead atoms. The molecule has 1 aliphatic carbocycles. The summed E-state index contributed by atoms with van der Waals surface area (Å²) in [4.78, 5) is 10.9. The summed E-state index contributed by atoms with van der Waals surface area (Å²) in [6, 6.07) is 2.04. The van der Waals surface area contributed by atoms with E-state index in [-0.39, 0.29) is 17.3 Å². The maximum atomic E-state index is 10.9. The lowest BCUT2D eigenvalue weighted by molar-refractivity contribution is -0.139. The number of carboxylic acid groups (broad SMARTS) is 1. The maximum absolute atomic E-state index is 10.9. The summed E-state index contributed by atoms with van der Waals surface area (Å²) < 4.78 is 0. The summed E-state index contributed by atoms with van der Waals surface area (Å²) >= 11 is 0. The minimum absolute atomic E-state index is 0.0543. The molecule has 1 N–H and O–H groups in total. The van der Waals surface area contributed by atoms with Crippen LogP contribution in [0.4, 0.5) is 0 Å². The normalized spacial score (nSPS) is 28.0. The number of rotatable bonds is 3. The third-order valence-electron chi connectivity index (χ3n) is 3.10. The average molecular weight is 205 g/mol. The molecule has 1 rings (SSSR count). The first-order chi connectivity index (χ1) is 6.82. The van der Waals surface area contributed by atoms with Crippen LogP contribution in [0.15, 0.2) is 23.8 Å². The van der Waals surface area contributed by atoms with Crippen LogP contribution in [-0.2, 0) is 4.79 Å². The van der Waals surface area contributed by atoms with Crippen LogP contribution in [0, 0.1) is 28.6 Å². The van der Waals surface area contributed by atoms with Gasteiger partial charge in [0.15, 0.2) is 0 Å². The molecule has 2 atom stereocenters. The number of hydrogen-bond donors (Lipinski definition) is 1.